The van der Waals surface area contributed by atoms with Gasteiger partial charge in [-0.1, -0.05) is 84.5 Å². The van der Waals surface area contributed by atoms with Gasteiger partial charge in [-0.15, -0.1) is 6.58 Å². The van der Waals surface area contributed by atoms with Crippen LogP contribution in [0.1, 0.15) is 80.2 Å². The second kappa shape index (κ2) is 11.8. The van der Waals surface area contributed by atoms with Crippen molar-refractivity contribution in [2.75, 3.05) is 0 Å². The monoisotopic (exact) mass is 654 g/mol. The zero-order valence-electron chi connectivity index (χ0n) is 29.4. The zero-order valence-corrected chi connectivity index (χ0v) is 30.4. The number of benzene rings is 1. The number of ketones is 1. The number of rotatable bonds is 8. The highest BCUT2D eigenvalue weighted by atomic mass is 28.4. The van der Waals surface area contributed by atoms with E-state index in [1.807, 2.05) is 51.1 Å². The highest BCUT2D eigenvalue weighted by Gasteiger charge is 2.82. The Bertz CT molecular complexity index is 1380. The van der Waals surface area contributed by atoms with Crippen LogP contribution >= 0.6 is 0 Å². The summed E-state index contributed by atoms with van der Waals surface area (Å²) in [5.41, 5.74) is -6.45. The van der Waals surface area contributed by atoms with Gasteiger partial charge in [0.05, 0.1) is 18.1 Å². The lowest BCUT2D eigenvalue weighted by molar-refractivity contribution is -0.369. The van der Waals surface area contributed by atoms with E-state index in [9.17, 15) is 19.5 Å². The van der Waals surface area contributed by atoms with Crippen molar-refractivity contribution in [2.45, 2.75) is 134 Å². The van der Waals surface area contributed by atoms with Crippen LogP contribution in [0.25, 0.3) is 0 Å². The molecule has 0 unspecified atom stereocenters. The van der Waals surface area contributed by atoms with Crippen LogP contribution < -0.4 is 0 Å². The Balaban J connectivity index is 2.00. The van der Waals surface area contributed by atoms with Crippen LogP contribution in [0.3, 0.4) is 0 Å². The molecule has 3 aliphatic rings. The van der Waals surface area contributed by atoms with Gasteiger partial charge in [0, 0.05) is 23.8 Å². The molecule has 1 N–H and O–H groups in total. The number of fused-ring (bicyclic) bond motifs is 3. The fourth-order valence-corrected chi connectivity index (χ4v) is 9.81. The number of carbonyl (C=O) groups is 3. The SMILES string of the molecule is C=CC(=O)O[C@H]1[C@H]2C(C)(C)CC[C@H](O[Si](C)(C)C(C)(C)C)[C@]2(C)[C@@]2(O)C(=O)C[C@](C)(C=C)O[C@]2(C)[C@H]1OC(=O)Cc1ccccc1. The molecule has 8 nitrogen and oxygen atoms in total. The first-order chi connectivity index (χ1) is 21.0. The molecule has 9 heteroatoms. The van der Waals surface area contributed by atoms with Crippen molar-refractivity contribution in [1.29, 1.82) is 0 Å². The Kier molecular flexibility index (Phi) is 9.32. The van der Waals surface area contributed by atoms with Gasteiger partial charge in [-0.3, -0.25) is 9.59 Å². The molecule has 4 rings (SSSR count). The molecule has 2 aliphatic carbocycles. The van der Waals surface area contributed by atoms with Gasteiger partial charge >= 0.3 is 11.9 Å². The topological polar surface area (TPSA) is 108 Å². The lowest BCUT2D eigenvalue weighted by atomic mass is 9.39. The Morgan fingerprint density at radius 3 is 2.22 bits per heavy atom. The maximum Gasteiger partial charge on any atom is 0.330 e. The quantitative estimate of drug-likeness (QED) is 0.146. The number of ether oxygens (including phenoxy) is 3. The van der Waals surface area contributed by atoms with Gasteiger partial charge in [0.15, 0.2) is 25.8 Å². The molecular weight excluding hydrogens is 600 g/mol. The van der Waals surface area contributed by atoms with Crippen molar-refractivity contribution < 1.29 is 38.1 Å². The lowest BCUT2D eigenvalue weighted by Crippen LogP contribution is -2.87. The molecule has 0 bridgehead atoms. The molecular formula is C37H54O8Si. The number of hydrogen-bond acceptors (Lipinski definition) is 8. The third-order valence-corrected chi connectivity index (χ3v) is 16.3. The van der Waals surface area contributed by atoms with Crippen LogP contribution in [0.5, 0.6) is 0 Å². The standard InChI is InChI=1S/C37H54O8Si/c1-13-27(39)42-29-30-33(6,7)21-20-26(44-46(11,12)32(3,4)5)35(30,9)37(41)25(38)23-34(8,14-2)45-36(37,10)31(29)43-28(40)22-24-18-16-15-17-19-24/h13-19,26,29-31,41H,1-2,20-23H2,3-12H3/t26-,29-,30-,31-,34-,35-,36+,37-/m0/s1. The Morgan fingerprint density at radius 1 is 1.07 bits per heavy atom. The van der Waals surface area contributed by atoms with E-state index < -0.39 is 77.9 Å². The van der Waals surface area contributed by atoms with E-state index in [0.717, 1.165) is 11.6 Å². The predicted octanol–water partition coefficient (Wildman–Crippen LogP) is 6.51. The molecule has 0 amide bonds. The predicted molar refractivity (Wildman–Crippen MR) is 179 cm³/mol. The van der Waals surface area contributed by atoms with Crippen LogP contribution in [0, 0.1) is 16.7 Å². The molecule has 254 valence electrons. The summed E-state index contributed by atoms with van der Waals surface area (Å²) in [7, 11) is -2.47. The van der Waals surface area contributed by atoms with Crippen LogP contribution in [-0.2, 0) is 39.4 Å². The largest absolute Gasteiger partial charge is 0.455 e. The van der Waals surface area contributed by atoms with Gasteiger partial charge in [0.1, 0.15) is 11.7 Å². The van der Waals surface area contributed by atoms with Gasteiger partial charge in [-0.2, -0.15) is 0 Å². The normalized spacial score (nSPS) is 37.3. The second-order valence-corrected chi connectivity index (χ2v) is 21.1. The highest BCUT2D eigenvalue weighted by molar-refractivity contribution is 6.74. The van der Waals surface area contributed by atoms with E-state index >= 15 is 0 Å². The average molecular weight is 655 g/mol. The molecule has 46 heavy (non-hydrogen) atoms. The van der Waals surface area contributed by atoms with Gasteiger partial charge in [0.2, 0.25) is 0 Å². The van der Waals surface area contributed by atoms with Gasteiger partial charge in [-0.05, 0) is 55.8 Å². The minimum Gasteiger partial charge on any atom is -0.455 e. The van der Waals surface area contributed by atoms with E-state index in [4.69, 9.17) is 18.6 Å². The minimum absolute atomic E-state index is 0.0664. The summed E-state index contributed by atoms with van der Waals surface area (Å²) < 4.78 is 26.5. The summed E-state index contributed by atoms with van der Waals surface area (Å²) in [6.07, 6.45) is 0.565. The average Bonchev–Trinajstić information content (AvgIpc) is 2.94. The number of hydrogen-bond donors (Lipinski definition) is 1. The molecule has 1 aliphatic heterocycles. The van der Waals surface area contributed by atoms with Crippen molar-refractivity contribution in [2.24, 2.45) is 16.7 Å². The smallest absolute Gasteiger partial charge is 0.330 e. The first kappa shape index (κ1) is 36.2. The van der Waals surface area contributed by atoms with E-state index in [-0.39, 0.29) is 17.9 Å². The molecule has 1 saturated heterocycles. The maximum absolute atomic E-state index is 14.7. The van der Waals surface area contributed by atoms with Gasteiger partial charge in [-0.25, -0.2) is 4.79 Å². The van der Waals surface area contributed by atoms with Crippen LogP contribution in [0.15, 0.2) is 55.6 Å². The third kappa shape index (κ3) is 5.65. The summed E-state index contributed by atoms with van der Waals surface area (Å²) in [6, 6.07) is 9.14. The van der Waals surface area contributed by atoms with Gasteiger partial charge in [0.25, 0.3) is 0 Å². The first-order valence-corrected chi connectivity index (χ1v) is 19.3. The number of carbonyl (C=O) groups excluding carboxylic acids is 3. The van der Waals surface area contributed by atoms with Crippen LogP contribution in [-0.4, -0.2) is 66.3 Å². The Morgan fingerprint density at radius 2 is 1.67 bits per heavy atom. The third-order valence-electron chi connectivity index (χ3n) is 11.8. The Hall–Kier alpha value is -2.59. The molecule has 1 aromatic carbocycles. The van der Waals surface area contributed by atoms with E-state index in [1.54, 1.807) is 13.8 Å². The second-order valence-electron chi connectivity index (χ2n) is 16.4. The van der Waals surface area contributed by atoms with Crippen molar-refractivity contribution in [1.82, 2.24) is 0 Å². The summed E-state index contributed by atoms with van der Waals surface area (Å²) >= 11 is 0. The summed E-state index contributed by atoms with van der Waals surface area (Å²) in [4.78, 5) is 41.6. The summed E-state index contributed by atoms with van der Waals surface area (Å²) in [6.45, 7) is 27.6. The zero-order chi connectivity index (χ0) is 34.7. The van der Waals surface area contributed by atoms with Gasteiger partial charge < -0.3 is 23.7 Å². The minimum atomic E-state index is -2.47. The molecule has 3 fully saturated rings. The molecule has 8 atom stereocenters. The van der Waals surface area contributed by atoms with E-state index in [1.165, 1.54) is 6.08 Å². The van der Waals surface area contributed by atoms with Crippen molar-refractivity contribution in [3.05, 3.63) is 61.2 Å². The summed E-state index contributed by atoms with van der Waals surface area (Å²) in [5, 5.41) is 13.2. The van der Waals surface area contributed by atoms with E-state index in [0.29, 0.717) is 12.8 Å². The van der Waals surface area contributed by atoms with Crippen LogP contribution in [0.4, 0.5) is 0 Å². The number of aliphatic hydroxyl groups is 1. The maximum atomic E-state index is 14.7. The fourth-order valence-electron chi connectivity index (χ4n) is 8.38. The molecule has 0 radical (unpaired) electrons. The van der Waals surface area contributed by atoms with Crippen molar-refractivity contribution in [3.63, 3.8) is 0 Å². The van der Waals surface area contributed by atoms with Crippen LogP contribution in [0.2, 0.25) is 18.1 Å². The molecule has 0 spiro atoms. The van der Waals surface area contributed by atoms with E-state index in [2.05, 4.69) is 47.0 Å². The summed E-state index contributed by atoms with van der Waals surface area (Å²) in [5.74, 6) is -2.44. The van der Waals surface area contributed by atoms with Crippen molar-refractivity contribution in [3.8, 4) is 0 Å². The number of Topliss-reactive ketones (excluding diaryl/α,β-unsaturated/α-hetero) is 1. The highest BCUT2D eigenvalue weighted by Crippen LogP contribution is 2.68. The molecule has 2 saturated carbocycles. The number of esters is 2. The first-order valence-electron chi connectivity index (χ1n) is 16.4. The molecule has 1 aromatic rings. The lowest BCUT2D eigenvalue weighted by Gasteiger charge is -2.72. The molecule has 1 heterocycles. The Labute approximate surface area is 276 Å². The fraction of sp³-hybridized carbons (Fsp3) is 0.649. The van der Waals surface area contributed by atoms with Crippen molar-refractivity contribution >= 4 is 26.0 Å². The molecule has 0 aromatic heterocycles.